The van der Waals surface area contributed by atoms with Crippen LogP contribution in [0.2, 0.25) is 0 Å². The molecule has 0 heterocycles. The van der Waals surface area contributed by atoms with Gasteiger partial charge in [-0.1, -0.05) is 0 Å². The predicted molar refractivity (Wildman–Crippen MR) is 75.3 cm³/mol. The van der Waals surface area contributed by atoms with Crippen molar-refractivity contribution in [1.29, 1.82) is 0 Å². The third kappa shape index (κ3) is 1.68. The summed E-state index contributed by atoms with van der Waals surface area (Å²) in [4.78, 5) is 0. The van der Waals surface area contributed by atoms with Crippen molar-refractivity contribution in [1.82, 2.24) is 0 Å². The molecule has 0 N–H and O–H groups in total. The summed E-state index contributed by atoms with van der Waals surface area (Å²) in [5.41, 5.74) is 2.93. The number of hydrogen-bond donors (Lipinski definition) is 0. The van der Waals surface area contributed by atoms with Crippen LogP contribution in [-0.2, 0) is 4.09 Å². The van der Waals surface area contributed by atoms with Crippen LogP contribution in [0.5, 0.6) is 0 Å². The summed E-state index contributed by atoms with van der Waals surface area (Å²) in [7, 11) is 0. The van der Waals surface area contributed by atoms with Crippen molar-refractivity contribution in [3.63, 3.8) is 0 Å². The van der Waals surface area contributed by atoms with E-state index in [0.717, 1.165) is 0 Å². The molecule has 0 saturated carbocycles. The zero-order chi connectivity index (χ0) is 11.9. The fourth-order valence-corrected chi connectivity index (χ4v) is 3.15. The molecule has 17 heavy (non-hydrogen) atoms. The summed E-state index contributed by atoms with van der Waals surface area (Å²) in [6.45, 7) is 2.27. The van der Waals surface area contributed by atoms with Crippen LogP contribution in [0.25, 0.3) is 16.8 Å². The number of rotatable bonds is 2. The van der Waals surface area contributed by atoms with Gasteiger partial charge in [-0.3, -0.25) is 0 Å². The van der Waals surface area contributed by atoms with E-state index in [0.29, 0.717) is 0 Å². The quantitative estimate of drug-likeness (QED) is 0.662. The van der Waals surface area contributed by atoms with Crippen molar-refractivity contribution < 1.29 is 0 Å². The van der Waals surface area contributed by atoms with Gasteiger partial charge in [-0.15, -0.1) is 0 Å². The molecule has 0 aliphatic heterocycles. The van der Waals surface area contributed by atoms with Crippen LogP contribution in [0.3, 0.4) is 0 Å². The average molecular weight is 214 g/mol. The Morgan fingerprint density at radius 2 is 1.94 bits per heavy atom. The first-order chi connectivity index (χ1) is 8.24. The normalized spacial score (nSPS) is 22.1. The van der Waals surface area contributed by atoms with Gasteiger partial charge in [0.2, 0.25) is 0 Å². The Kier molecular flexibility index (Phi) is 2.66. The maximum absolute atomic E-state index is 2.38. The molecule has 3 rings (SSSR count). The van der Waals surface area contributed by atoms with Gasteiger partial charge >= 0.3 is 112 Å². The Morgan fingerprint density at radius 3 is 2.76 bits per heavy atom. The molecular formula is C16H15Li. The Labute approximate surface area is 112 Å². The van der Waals surface area contributed by atoms with Gasteiger partial charge in [0.25, 0.3) is 0 Å². The molecule has 2 aromatic rings. The molecule has 0 nitrogen and oxygen atoms in total. The number of benzene rings is 2. The van der Waals surface area contributed by atoms with Crippen LogP contribution >= 0.6 is 0 Å². The third-order valence-electron chi connectivity index (χ3n) is 3.93. The first-order valence-corrected chi connectivity index (χ1v) is 6.46. The first kappa shape index (κ1) is 11.1. The molecule has 2 aromatic carbocycles. The van der Waals surface area contributed by atoms with Crippen molar-refractivity contribution >= 4 is 34.6 Å². The molecule has 0 fully saturated rings. The van der Waals surface area contributed by atoms with Gasteiger partial charge < -0.3 is 0 Å². The van der Waals surface area contributed by atoms with Crippen molar-refractivity contribution in [2.24, 2.45) is 0 Å². The second-order valence-electron chi connectivity index (χ2n) is 5.25. The van der Waals surface area contributed by atoms with E-state index in [9.17, 15) is 0 Å². The molecule has 0 radical (unpaired) electrons. The minimum absolute atomic E-state index is 0.227. The molecule has 80 valence electrons. The summed E-state index contributed by atoms with van der Waals surface area (Å²) < 4.78 is 0.227. The summed E-state index contributed by atoms with van der Waals surface area (Å²) in [5, 5.41) is 2.78. The van der Waals surface area contributed by atoms with Gasteiger partial charge in [-0.2, -0.15) is 0 Å². The molecule has 1 unspecified atom stereocenters. The molecule has 1 aliphatic rings. The van der Waals surface area contributed by atoms with Crippen molar-refractivity contribution in [2.75, 3.05) is 0 Å². The maximum atomic E-state index is 2.38. The molecule has 1 atom stereocenters. The average Bonchev–Trinajstić information content (AvgIpc) is 2.68. The van der Waals surface area contributed by atoms with Crippen LogP contribution in [0.4, 0.5) is 0 Å². The SMILES string of the molecule is [Li][C]1(CCC)C=Cc2ccc3ccccc3c21. The number of hydrogen-bond acceptors (Lipinski definition) is 0. The molecule has 0 aromatic heterocycles. The third-order valence-corrected chi connectivity index (χ3v) is 3.93. The summed E-state index contributed by atoms with van der Waals surface area (Å²) in [5.74, 6) is 0. The summed E-state index contributed by atoms with van der Waals surface area (Å²) >= 11 is 2.37. The Hall–Kier alpha value is -0.963. The van der Waals surface area contributed by atoms with Crippen LogP contribution in [0.1, 0.15) is 30.9 Å². The van der Waals surface area contributed by atoms with E-state index in [2.05, 4.69) is 73.2 Å². The van der Waals surface area contributed by atoms with E-state index >= 15 is 0 Å². The topological polar surface area (TPSA) is 0 Å². The van der Waals surface area contributed by atoms with E-state index in [1.54, 1.807) is 0 Å². The van der Waals surface area contributed by atoms with Gasteiger partial charge in [0.05, 0.1) is 0 Å². The molecular weight excluding hydrogens is 199 g/mol. The van der Waals surface area contributed by atoms with Crippen molar-refractivity contribution in [3.8, 4) is 0 Å². The van der Waals surface area contributed by atoms with Crippen LogP contribution < -0.4 is 0 Å². The van der Waals surface area contributed by atoms with Crippen LogP contribution in [0.15, 0.2) is 42.5 Å². The predicted octanol–water partition coefficient (Wildman–Crippen LogP) is 4.03. The van der Waals surface area contributed by atoms with E-state index < -0.39 is 0 Å². The second-order valence-corrected chi connectivity index (χ2v) is 5.25. The van der Waals surface area contributed by atoms with Gasteiger partial charge in [0.1, 0.15) is 0 Å². The molecule has 1 aliphatic carbocycles. The van der Waals surface area contributed by atoms with Gasteiger partial charge in [0, 0.05) is 0 Å². The zero-order valence-corrected chi connectivity index (χ0v) is 10.5. The number of fused-ring (bicyclic) bond motifs is 3. The molecule has 0 bridgehead atoms. The van der Waals surface area contributed by atoms with Gasteiger partial charge in [0.15, 0.2) is 0 Å². The monoisotopic (exact) mass is 214 g/mol. The Bertz CT molecular complexity index is 597. The second kappa shape index (κ2) is 4.05. The molecule has 0 saturated heterocycles. The fraction of sp³-hybridized carbons (Fsp3) is 0.250. The van der Waals surface area contributed by atoms with E-state index in [-0.39, 0.29) is 4.09 Å². The number of allylic oxidation sites excluding steroid dienone is 1. The van der Waals surface area contributed by atoms with Crippen LogP contribution in [-0.4, -0.2) is 17.7 Å². The van der Waals surface area contributed by atoms with Crippen molar-refractivity contribution in [3.05, 3.63) is 53.6 Å². The minimum atomic E-state index is 0.227. The first-order valence-electron chi connectivity index (χ1n) is 6.46. The van der Waals surface area contributed by atoms with E-state index in [4.69, 9.17) is 0 Å². The molecule has 1 heteroatoms. The van der Waals surface area contributed by atoms with E-state index in [1.807, 2.05) is 0 Å². The Morgan fingerprint density at radius 1 is 1.12 bits per heavy atom. The standard InChI is InChI=1S/C16H15.Li/c1-2-5-13-10-11-14-9-8-12-6-3-4-7-15(12)16(13)14;/h3-4,6-11H,2,5H2,1H3;. The summed E-state index contributed by atoms with van der Waals surface area (Å²) in [6.07, 6.45) is 7.12. The summed E-state index contributed by atoms with van der Waals surface area (Å²) in [6, 6.07) is 13.2. The van der Waals surface area contributed by atoms with Crippen LogP contribution in [0, 0.1) is 0 Å². The zero-order valence-electron chi connectivity index (χ0n) is 10.5. The van der Waals surface area contributed by atoms with E-state index in [1.165, 1.54) is 34.7 Å². The Balaban J connectivity index is 2.30. The molecule has 0 amide bonds. The van der Waals surface area contributed by atoms with Gasteiger partial charge in [-0.25, -0.2) is 0 Å². The fourth-order valence-electron chi connectivity index (χ4n) is 3.15. The molecule has 0 spiro atoms. The van der Waals surface area contributed by atoms with Gasteiger partial charge in [-0.05, 0) is 0 Å². The van der Waals surface area contributed by atoms with Crippen molar-refractivity contribution in [2.45, 2.75) is 23.9 Å².